The van der Waals surface area contributed by atoms with Crippen LogP contribution in [0.1, 0.15) is 12.5 Å². The van der Waals surface area contributed by atoms with E-state index in [4.69, 9.17) is 15.2 Å². The Bertz CT molecular complexity index is 588. The molecule has 0 radical (unpaired) electrons. The number of rotatable bonds is 5. The van der Waals surface area contributed by atoms with Crippen LogP contribution in [-0.4, -0.2) is 18.1 Å². The van der Waals surface area contributed by atoms with Gasteiger partial charge in [0.2, 0.25) is 0 Å². The van der Waals surface area contributed by atoms with Gasteiger partial charge in [-0.3, -0.25) is 4.98 Å². The van der Waals surface area contributed by atoms with E-state index in [-0.39, 0.29) is 6.04 Å². The lowest BCUT2D eigenvalue weighted by Crippen LogP contribution is -2.17. The van der Waals surface area contributed by atoms with Crippen LogP contribution in [-0.2, 0) is 6.42 Å². The summed E-state index contributed by atoms with van der Waals surface area (Å²) in [5.74, 6) is 2.17. The number of ether oxygens (including phenoxy) is 2. The van der Waals surface area contributed by atoms with Crippen molar-refractivity contribution < 1.29 is 9.47 Å². The Hall–Kier alpha value is -1.59. The molecule has 4 nitrogen and oxygen atoms in total. The van der Waals surface area contributed by atoms with Crippen LogP contribution in [0.4, 0.5) is 0 Å². The lowest BCUT2D eigenvalue weighted by Gasteiger charge is -2.10. The first-order chi connectivity index (χ1) is 9.58. The van der Waals surface area contributed by atoms with Gasteiger partial charge in [0.05, 0.1) is 17.8 Å². The summed E-state index contributed by atoms with van der Waals surface area (Å²) in [4.78, 5) is 4.18. The summed E-state index contributed by atoms with van der Waals surface area (Å²) in [6.07, 6.45) is 4.26. The number of nitrogens with zero attached hydrogens (tertiary/aromatic N) is 1. The molecular formula is C15H17BrN2O2. The van der Waals surface area contributed by atoms with E-state index in [9.17, 15) is 0 Å². The van der Waals surface area contributed by atoms with Gasteiger partial charge in [0.25, 0.3) is 0 Å². The monoisotopic (exact) mass is 336 g/mol. The van der Waals surface area contributed by atoms with E-state index in [0.29, 0.717) is 11.5 Å². The van der Waals surface area contributed by atoms with E-state index >= 15 is 0 Å². The standard InChI is InChI=1S/C15H17BrN2O2/c1-10(17)5-11-6-13(9-18-8-11)20-15-4-3-12(19-2)7-14(15)16/h3-4,6-10H,5,17H2,1-2H3. The highest BCUT2D eigenvalue weighted by molar-refractivity contribution is 9.10. The fourth-order valence-corrected chi connectivity index (χ4v) is 2.26. The van der Waals surface area contributed by atoms with Crippen LogP contribution in [0.3, 0.4) is 0 Å². The maximum absolute atomic E-state index is 5.83. The zero-order valence-electron chi connectivity index (χ0n) is 11.5. The Balaban J connectivity index is 2.17. The van der Waals surface area contributed by atoms with Crippen molar-refractivity contribution >= 4 is 15.9 Å². The summed E-state index contributed by atoms with van der Waals surface area (Å²) in [5.41, 5.74) is 6.85. The fraction of sp³-hybridized carbons (Fsp3) is 0.267. The first kappa shape index (κ1) is 14.8. The number of hydrogen-bond acceptors (Lipinski definition) is 4. The normalized spacial score (nSPS) is 12.0. The largest absolute Gasteiger partial charge is 0.497 e. The summed E-state index contributed by atoms with van der Waals surface area (Å²) in [6.45, 7) is 1.97. The number of halogens is 1. The van der Waals surface area contributed by atoms with Crippen molar-refractivity contribution in [2.75, 3.05) is 7.11 Å². The van der Waals surface area contributed by atoms with E-state index in [1.165, 1.54) is 0 Å². The van der Waals surface area contributed by atoms with Crippen molar-refractivity contribution in [1.29, 1.82) is 0 Å². The van der Waals surface area contributed by atoms with Gasteiger partial charge in [0.1, 0.15) is 17.2 Å². The highest BCUT2D eigenvalue weighted by atomic mass is 79.9. The smallest absolute Gasteiger partial charge is 0.146 e. The highest BCUT2D eigenvalue weighted by Gasteiger charge is 2.06. The highest BCUT2D eigenvalue weighted by Crippen LogP contribution is 2.32. The first-order valence-electron chi connectivity index (χ1n) is 6.29. The molecule has 106 valence electrons. The summed E-state index contributed by atoms with van der Waals surface area (Å²) in [6, 6.07) is 7.60. The topological polar surface area (TPSA) is 57.4 Å². The van der Waals surface area contributed by atoms with Crippen molar-refractivity contribution in [2.45, 2.75) is 19.4 Å². The molecule has 2 aromatic rings. The number of hydrogen-bond donors (Lipinski definition) is 1. The molecule has 0 aliphatic heterocycles. The molecular weight excluding hydrogens is 320 g/mol. The molecule has 1 unspecified atom stereocenters. The summed E-state index contributed by atoms with van der Waals surface area (Å²) in [5, 5.41) is 0. The van der Waals surface area contributed by atoms with Gasteiger partial charge in [-0.05, 0) is 59.1 Å². The molecule has 1 aromatic heterocycles. The summed E-state index contributed by atoms with van der Waals surface area (Å²) < 4.78 is 11.8. The van der Waals surface area contributed by atoms with Crippen LogP contribution in [0.5, 0.6) is 17.2 Å². The van der Waals surface area contributed by atoms with Crippen LogP contribution < -0.4 is 15.2 Å². The number of aromatic nitrogens is 1. The van der Waals surface area contributed by atoms with Gasteiger partial charge in [0.15, 0.2) is 0 Å². The second kappa shape index (κ2) is 6.72. The van der Waals surface area contributed by atoms with E-state index in [1.54, 1.807) is 19.5 Å². The van der Waals surface area contributed by atoms with Crippen molar-refractivity contribution in [3.05, 3.63) is 46.7 Å². The zero-order chi connectivity index (χ0) is 14.5. The predicted molar refractivity (Wildman–Crippen MR) is 82.4 cm³/mol. The molecule has 0 spiro atoms. The molecule has 0 aliphatic carbocycles. The third-order valence-corrected chi connectivity index (χ3v) is 3.31. The molecule has 0 bridgehead atoms. The van der Waals surface area contributed by atoms with E-state index in [1.807, 2.05) is 31.2 Å². The van der Waals surface area contributed by atoms with Crippen LogP contribution >= 0.6 is 15.9 Å². The quantitative estimate of drug-likeness (QED) is 0.907. The van der Waals surface area contributed by atoms with Crippen molar-refractivity contribution in [2.24, 2.45) is 5.73 Å². The molecule has 0 fully saturated rings. The maximum atomic E-state index is 5.83. The van der Waals surface area contributed by atoms with Gasteiger partial charge in [-0.25, -0.2) is 0 Å². The number of pyridine rings is 1. The Morgan fingerprint density at radius 2 is 2.05 bits per heavy atom. The van der Waals surface area contributed by atoms with E-state index in [2.05, 4.69) is 20.9 Å². The fourth-order valence-electron chi connectivity index (χ4n) is 1.82. The van der Waals surface area contributed by atoms with Crippen LogP contribution in [0, 0.1) is 0 Å². The average Bonchev–Trinajstić information content (AvgIpc) is 2.41. The van der Waals surface area contributed by atoms with Gasteiger partial charge in [-0.2, -0.15) is 0 Å². The Kier molecular flexibility index (Phi) is 4.98. The lowest BCUT2D eigenvalue weighted by atomic mass is 10.1. The number of nitrogens with two attached hydrogens (primary N) is 1. The second-order valence-corrected chi connectivity index (χ2v) is 5.46. The SMILES string of the molecule is COc1ccc(Oc2cncc(CC(C)N)c2)c(Br)c1. The maximum Gasteiger partial charge on any atom is 0.146 e. The van der Waals surface area contributed by atoms with Gasteiger partial charge >= 0.3 is 0 Å². The van der Waals surface area contributed by atoms with Gasteiger partial charge in [0, 0.05) is 12.2 Å². The third kappa shape index (κ3) is 3.95. The van der Waals surface area contributed by atoms with Gasteiger partial charge < -0.3 is 15.2 Å². The molecule has 2 N–H and O–H groups in total. The molecule has 1 heterocycles. The first-order valence-corrected chi connectivity index (χ1v) is 7.08. The predicted octanol–water partition coefficient (Wildman–Crippen LogP) is 3.53. The molecule has 0 aliphatic rings. The van der Waals surface area contributed by atoms with Crippen LogP contribution in [0.2, 0.25) is 0 Å². The zero-order valence-corrected chi connectivity index (χ0v) is 13.1. The van der Waals surface area contributed by atoms with Crippen molar-refractivity contribution in [3.8, 4) is 17.2 Å². The molecule has 2 rings (SSSR count). The number of benzene rings is 1. The Labute approximate surface area is 127 Å². The lowest BCUT2D eigenvalue weighted by molar-refractivity contribution is 0.412. The molecule has 5 heteroatoms. The minimum absolute atomic E-state index is 0.0970. The molecule has 20 heavy (non-hydrogen) atoms. The second-order valence-electron chi connectivity index (χ2n) is 4.61. The van der Waals surface area contributed by atoms with E-state index in [0.717, 1.165) is 22.2 Å². The van der Waals surface area contributed by atoms with Crippen LogP contribution in [0.15, 0.2) is 41.1 Å². The Morgan fingerprint density at radius 3 is 2.70 bits per heavy atom. The van der Waals surface area contributed by atoms with E-state index < -0.39 is 0 Å². The van der Waals surface area contributed by atoms with Crippen LogP contribution in [0.25, 0.3) is 0 Å². The average molecular weight is 337 g/mol. The summed E-state index contributed by atoms with van der Waals surface area (Å²) in [7, 11) is 1.63. The third-order valence-electron chi connectivity index (χ3n) is 2.69. The molecule has 0 saturated carbocycles. The number of methoxy groups -OCH3 is 1. The minimum atomic E-state index is 0.0970. The molecule has 0 amide bonds. The van der Waals surface area contributed by atoms with Gasteiger partial charge in [-0.1, -0.05) is 0 Å². The van der Waals surface area contributed by atoms with Crippen molar-refractivity contribution in [1.82, 2.24) is 4.98 Å². The minimum Gasteiger partial charge on any atom is -0.497 e. The summed E-state index contributed by atoms with van der Waals surface area (Å²) >= 11 is 3.46. The van der Waals surface area contributed by atoms with Crippen molar-refractivity contribution in [3.63, 3.8) is 0 Å². The Morgan fingerprint density at radius 1 is 1.25 bits per heavy atom. The molecule has 1 atom stereocenters. The molecule has 0 saturated heterocycles. The molecule has 1 aromatic carbocycles. The van der Waals surface area contributed by atoms with Gasteiger partial charge in [-0.15, -0.1) is 0 Å².